The highest BCUT2D eigenvalue weighted by atomic mass is 35.5. The number of nitrogens with zero attached hydrogens (tertiary/aromatic N) is 4. The number of fused-ring (bicyclic) bond motifs is 2. The van der Waals surface area contributed by atoms with Crippen LogP contribution in [0.5, 0.6) is 0 Å². The molecule has 5 aromatic rings. The van der Waals surface area contributed by atoms with Gasteiger partial charge in [0, 0.05) is 11.5 Å². The summed E-state index contributed by atoms with van der Waals surface area (Å²) < 4.78 is 50.8. The third-order valence-electron chi connectivity index (χ3n) is 6.70. The number of hydrogen-bond acceptors (Lipinski definition) is 12. The molecule has 0 saturated heterocycles. The van der Waals surface area contributed by atoms with Crippen molar-refractivity contribution in [3.8, 4) is 11.3 Å². The van der Waals surface area contributed by atoms with E-state index >= 15 is 0 Å². The minimum Gasteiger partial charge on any atom is -0.382 e. The second-order valence-corrected chi connectivity index (χ2v) is 13.3. The van der Waals surface area contributed by atoms with Crippen molar-refractivity contribution >= 4 is 66.1 Å². The van der Waals surface area contributed by atoms with Gasteiger partial charge in [-0.05, 0) is 17.7 Å². The van der Waals surface area contributed by atoms with Gasteiger partial charge in [0.1, 0.15) is 15.5 Å². The Kier molecular flexibility index (Phi) is 8.28. The fourth-order valence-electron chi connectivity index (χ4n) is 4.50. The zero-order valence-corrected chi connectivity index (χ0v) is 25.4. The molecular formula is C27H27ClN10O4S2. The lowest BCUT2D eigenvalue weighted by Gasteiger charge is -2.32. The molecule has 228 valence electrons. The molecule has 1 aliphatic heterocycles. The maximum atomic E-state index is 12.6. The number of nitrogen functional groups attached to an aromatic ring is 3. The fourth-order valence-corrected chi connectivity index (χ4v) is 7.08. The van der Waals surface area contributed by atoms with E-state index in [9.17, 15) is 16.8 Å². The summed E-state index contributed by atoms with van der Waals surface area (Å²) in [5, 5.41) is 8.00. The first kappa shape index (κ1) is 30.8. The van der Waals surface area contributed by atoms with Crippen LogP contribution >= 0.6 is 11.6 Å². The molecule has 0 radical (unpaired) electrons. The summed E-state index contributed by atoms with van der Waals surface area (Å²) in [6, 6.07) is 21.1. The van der Waals surface area contributed by atoms with Gasteiger partial charge in [-0.15, -0.1) is 0 Å². The molecule has 2 atom stereocenters. The smallest absolute Gasteiger partial charge is 0.244 e. The second-order valence-electron chi connectivity index (χ2n) is 9.73. The largest absolute Gasteiger partial charge is 0.382 e. The van der Waals surface area contributed by atoms with E-state index in [1.54, 1.807) is 0 Å². The standard InChI is InChI=1S/C15H16ClN3O4S2.C12H11N7/c1-9(10-5-3-2-4-6-10)15-18-12-7-11(16)13(24(17,20)21)8-14(12)25(22,23)19-15;13-9-7(6-4-2-1-3-5-6)16-8-10(14)18-12(15)19-11(8)17-9/h2-9,15,18-19H,1H3,(H2,17,20,21);1-5H,(H6,13,14,15,17,18,19). The Bertz CT molecular complexity index is 2090. The van der Waals surface area contributed by atoms with Crippen LogP contribution in [0.25, 0.3) is 22.4 Å². The van der Waals surface area contributed by atoms with E-state index in [0.717, 1.165) is 17.2 Å². The van der Waals surface area contributed by atoms with Gasteiger partial charge in [0.2, 0.25) is 26.0 Å². The Morgan fingerprint density at radius 1 is 0.886 bits per heavy atom. The topological polar surface area (TPSA) is 248 Å². The number of anilines is 4. The summed E-state index contributed by atoms with van der Waals surface area (Å²) in [6.45, 7) is 1.88. The molecule has 0 bridgehead atoms. The number of sulfonamides is 2. The predicted molar refractivity (Wildman–Crippen MR) is 169 cm³/mol. The normalized spacial score (nSPS) is 16.2. The number of rotatable bonds is 4. The van der Waals surface area contributed by atoms with Crippen LogP contribution in [0.15, 0.2) is 82.6 Å². The Hall–Kier alpha value is -4.61. The van der Waals surface area contributed by atoms with E-state index in [1.807, 2.05) is 67.6 Å². The molecule has 10 N–H and O–H groups in total. The molecule has 1 aliphatic rings. The molecule has 44 heavy (non-hydrogen) atoms. The van der Waals surface area contributed by atoms with Crippen LogP contribution in [0.3, 0.4) is 0 Å². The van der Waals surface area contributed by atoms with Gasteiger partial charge in [-0.1, -0.05) is 79.2 Å². The summed E-state index contributed by atoms with van der Waals surface area (Å²) in [5.74, 6) is 0.329. The van der Waals surface area contributed by atoms with Crippen LogP contribution < -0.4 is 32.4 Å². The minimum atomic E-state index is -4.14. The third kappa shape index (κ3) is 6.34. The van der Waals surface area contributed by atoms with Crippen LogP contribution in [0.2, 0.25) is 5.02 Å². The van der Waals surface area contributed by atoms with Crippen LogP contribution in [0, 0.1) is 0 Å². The quantitative estimate of drug-likeness (QED) is 0.164. The van der Waals surface area contributed by atoms with E-state index in [-0.39, 0.29) is 39.1 Å². The molecule has 0 fully saturated rings. The molecule has 0 spiro atoms. The van der Waals surface area contributed by atoms with Crippen molar-refractivity contribution in [3.05, 3.63) is 83.4 Å². The van der Waals surface area contributed by atoms with Crippen molar-refractivity contribution in [2.45, 2.75) is 28.8 Å². The number of nitrogens with one attached hydrogen (secondary N) is 2. The summed E-state index contributed by atoms with van der Waals surface area (Å²) in [4.78, 5) is 15.8. The van der Waals surface area contributed by atoms with Gasteiger partial charge in [0.05, 0.1) is 16.9 Å². The lowest BCUT2D eigenvalue weighted by molar-refractivity contribution is 0.523. The van der Waals surface area contributed by atoms with Gasteiger partial charge in [-0.3, -0.25) is 0 Å². The minimum absolute atomic E-state index is 0.0474. The lowest BCUT2D eigenvalue weighted by Crippen LogP contribution is -2.47. The molecule has 3 aromatic carbocycles. The molecular weight excluding hydrogens is 628 g/mol. The summed E-state index contributed by atoms with van der Waals surface area (Å²) in [6.07, 6.45) is -0.615. The Morgan fingerprint density at radius 3 is 2.16 bits per heavy atom. The van der Waals surface area contributed by atoms with E-state index in [4.69, 9.17) is 33.9 Å². The first-order valence-electron chi connectivity index (χ1n) is 12.9. The molecule has 17 heteroatoms. The van der Waals surface area contributed by atoms with E-state index < -0.39 is 31.1 Å². The van der Waals surface area contributed by atoms with Crippen molar-refractivity contribution in [2.24, 2.45) is 5.14 Å². The van der Waals surface area contributed by atoms with Gasteiger partial charge in [0.15, 0.2) is 22.8 Å². The molecule has 14 nitrogen and oxygen atoms in total. The number of halogens is 1. The van der Waals surface area contributed by atoms with Crippen molar-refractivity contribution < 1.29 is 16.8 Å². The van der Waals surface area contributed by atoms with E-state index in [1.165, 1.54) is 6.07 Å². The van der Waals surface area contributed by atoms with Crippen LogP contribution in [-0.2, 0) is 20.0 Å². The molecule has 6 rings (SSSR count). The van der Waals surface area contributed by atoms with Crippen molar-refractivity contribution in [1.29, 1.82) is 0 Å². The Labute approximate surface area is 258 Å². The monoisotopic (exact) mass is 654 g/mol. The highest BCUT2D eigenvalue weighted by molar-refractivity contribution is 7.90. The van der Waals surface area contributed by atoms with Gasteiger partial charge in [-0.25, -0.2) is 31.9 Å². The first-order valence-corrected chi connectivity index (χ1v) is 16.3. The summed E-state index contributed by atoms with van der Waals surface area (Å²) in [5.41, 5.74) is 20.5. The Morgan fingerprint density at radius 2 is 1.52 bits per heavy atom. The average molecular weight is 655 g/mol. The molecule has 0 aliphatic carbocycles. The Balaban J connectivity index is 0.000000181. The third-order valence-corrected chi connectivity index (χ3v) is 9.55. The van der Waals surface area contributed by atoms with Crippen LogP contribution in [0.1, 0.15) is 18.4 Å². The summed E-state index contributed by atoms with van der Waals surface area (Å²) in [7, 11) is -8.08. The second kappa shape index (κ2) is 11.8. The number of benzene rings is 3. The average Bonchev–Trinajstić information content (AvgIpc) is 2.96. The van der Waals surface area contributed by atoms with Crippen molar-refractivity contribution in [3.63, 3.8) is 0 Å². The zero-order chi connectivity index (χ0) is 31.8. The number of aromatic nitrogens is 4. The SMILES string of the molecule is CC(c1ccccc1)C1Nc2cc(Cl)c(S(N)(=O)=O)cc2S(=O)(=O)N1.Nc1nc(N)c2nc(-c3ccccc3)c(N)nc2n1. The first-order chi connectivity index (χ1) is 20.7. The number of nitrogens with two attached hydrogens (primary N) is 4. The molecule has 0 amide bonds. The highest BCUT2D eigenvalue weighted by Gasteiger charge is 2.34. The lowest BCUT2D eigenvalue weighted by atomic mass is 9.98. The van der Waals surface area contributed by atoms with Crippen molar-refractivity contribution in [1.82, 2.24) is 24.7 Å². The maximum Gasteiger partial charge on any atom is 0.244 e. The zero-order valence-electron chi connectivity index (χ0n) is 23.0. The molecule has 0 saturated carbocycles. The van der Waals surface area contributed by atoms with Gasteiger partial charge in [-0.2, -0.15) is 14.7 Å². The van der Waals surface area contributed by atoms with E-state index in [0.29, 0.717) is 16.9 Å². The van der Waals surface area contributed by atoms with Gasteiger partial charge >= 0.3 is 0 Å². The number of hydrogen-bond donors (Lipinski definition) is 6. The predicted octanol–water partition coefficient (Wildman–Crippen LogP) is 2.65. The van der Waals surface area contributed by atoms with E-state index in [2.05, 4.69) is 30.0 Å². The molecule has 2 aromatic heterocycles. The number of primary sulfonamides is 1. The van der Waals surface area contributed by atoms with Crippen LogP contribution in [0.4, 0.5) is 23.3 Å². The summed E-state index contributed by atoms with van der Waals surface area (Å²) >= 11 is 5.97. The van der Waals surface area contributed by atoms with Crippen molar-refractivity contribution in [2.75, 3.05) is 22.5 Å². The highest BCUT2D eigenvalue weighted by Crippen LogP contribution is 2.36. The maximum absolute atomic E-state index is 12.6. The molecule has 3 heterocycles. The van der Waals surface area contributed by atoms with Gasteiger partial charge in [0.25, 0.3) is 0 Å². The van der Waals surface area contributed by atoms with Gasteiger partial charge < -0.3 is 22.5 Å². The fraction of sp³-hybridized carbons (Fsp3) is 0.111. The van der Waals surface area contributed by atoms with Crippen LogP contribution in [-0.4, -0.2) is 42.9 Å². The molecule has 2 unspecified atom stereocenters.